The van der Waals surface area contributed by atoms with Crippen LogP contribution in [-0.4, -0.2) is 26.4 Å². The number of ether oxygens (including phenoxy) is 4. The summed E-state index contributed by atoms with van der Waals surface area (Å²) >= 11 is 3.35. The summed E-state index contributed by atoms with van der Waals surface area (Å²) in [4.78, 5) is 3.82. The second kappa shape index (κ2) is 54.7. The molecule has 4 nitrogen and oxygen atoms in total. The summed E-state index contributed by atoms with van der Waals surface area (Å²) in [5.41, 5.74) is 22.9. The Hall–Kier alpha value is -11.2. The van der Waals surface area contributed by atoms with Gasteiger partial charge >= 0.3 is 0 Å². The summed E-state index contributed by atoms with van der Waals surface area (Å²) in [6.45, 7) is 29.6. The molecule has 10 rings (SSSR count). The Morgan fingerprint density at radius 2 is 0.357 bits per heavy atom. The molecule has 0 aliphatic rings. The van der Waals surface area contributed by atoms with Crippen molar-refractivity contribution in [3.05, 3.63) is 290 Å². The minimum absolute atomic E-state index is 0.733. The molecule has 0 atom stereocenters. The van der Waals surface area contributed by atoms with Crippen LogP contribution in [0.4, 0.5) is 0 Å². The van der Waals surface area contributed by atoms with Gasteiger partial charge in [-0.3, -0.25) is 0 Å². The first-order chi connectivity index (χ1) is 61.9. The number of benzene rings is 8. The summed E-state index contributed by atoms with van der Waals surface area (Å²) in [6, 6.07) is 55.4. The summed E-state index contributed by atoms with van der Waals surface area (Å²) < 4.78 is 24.6. The van der Waals surface area contributed by atoms with E-state index in [-0.39, 0.29) is 0 Å². The zero-order valence-electron chi connectivity index (χ0n) is 77.9. The maximum Gasteiger partial charge on any atom is 0.119 e. The molecule has 2 heterocycles. The lowest BCUT2D eigenvalue weighted by Gasteiger charge is -2.08. The van der Waals surface area contributed by atoms with E-state index >= 15 is 0 Å². The molecule has 10 aromatic rings. The predicted octanol–water partition coefficient (Wildman–Crippen LogP) is 30.1. The van der Waals surface area contributed by atoms with Gasteiger partial charge in [0.25, 0.3) is 0 Å². The SMILES string of the molecule is CCCCCCCCOc1ccc(C#Cc2cc(CC)c(C#Cc3cc(C#Cc4cc(CC)c(C#Cc5ccc(OCCCCCCCC)cc5)cc4CC)c(-c4sc(C#Cc5cc(CC)c(C#Cc6ccc(OCCCCCCCC)cc6)cc5CC)cc4C#Cc4cc(CC)c(C#Cc5ccc(OCCCCCCCC)cc5)cc4CC)s3)cc2CC)cc1. The third-order valence-electron chi connectivity index (χ3n) is 23.2. The van der Waals surface area contributed by atoms with Gasteiger partial charge in [-0.1, -0.05) is 306 Å². The average Bonchev–Trinajstić information content (AvgIpc) is 1.63. The molecule has 0 amide bonds. The molecule has 0 aliphatic heterocycles. The van der Waals surface area contributed by atoms with Crippen LogP contribution in [0, 0.1) is 94.7 Å². The monoisotopic (exact) mass is 1700 g/mol. The summed E-state index contributed by atoms with van der Waals surface area (Å²) in [7, 11) is 0. The zero-order valence-corrected chi connectivity index (χ0v) is 79.5. The molecule has 2 aromatic heterocycles. The molecule has 126 heavy (non-hydrogen) atoms. The van der Waals surface area contributed by atoms with E-state index in [2.05, 4.69) is 287 Å². The number of aryl methyl sites for hydroxylation is 8. The van der Waals surface area contributed by atoms with Crippen molar-refractivity contribution in [3.8, 4) is 127 Å². The largest absolute Gasteiger partial charge is 0.494 e. The fourth-order valence-electron chi connectivity index (χ4n) is 15.4. The molecule has 0 radical (unpaired) electrons. The van der Waals surface area contributed by atoms with Crippen molar-refractivity contribution in [2.24, 2.45) is 0 Å². The molecule has 0 aliphatic carbocycles. The molecule has 0 saturated carbocycles. The van der Waals surface area contributed by atoms with Crippen molar-refractivity contribution in [2.45, 2.75) is 289 Å². The van der Waals surface area contributed by atoms with Gasteiger partial charge in [-0.2, -0.15) is 0 Å². The molecule has 8 aromatic carbocycles. The molecular formula is C120H134O4S2. The Balaban J connectivity index is 1.05. The van der Waals surface area contributed by atoms with Crippen LogP contribution in [0.5, 0.6) is 23.0 Å². The average molecular weight is 1700 g/mol. The van der Waals surface area contributed by atoms with Gasteiger partial charge in [0.15, 0.2) is 0 Å². The van der Waals surface area contributed by atoms with Crippen LogP contribution in [0.2, 0.25) is 0 Å². The van der Waals surface area contributed by atoms with Crippen LogP contribution in [0.3, 0.4) is 0 Å². The van der Waals surface area contributed by atoms with E-state index in [1.54, 1.807) is 22.7 Å². The van der Waals surface area contributed by atoms with Crippen molar-refractivity contribution < 1.29 is 18.9 Å². The maximum absolute atomic E-state index is 6.15. The summed E-state index contributed by atoms with van der Waals surface area (Å²) in [5, 5.41) is 0. The number of unbranched alkanes of at least 4 members (excludes halogenated alkanes) is 20. The van der Waals surface area contributed by atoms with Crippen molar-refractivity contribution in [1.29, 1.82) is 0 Å². The van der Waals surface area contributed by atoms with E-state index in [4.69, 9.17) is 18.9 Å². The highest BCUT2D eigenvalue weighted by molar-refractivity contribution is 7.23. The number of rotatable bonds is 41. The Morgan fingerprint density at radius 1 is 0.183 bits per heavy atom. The van der Waals surface area contributed by atoms with Crippen molar-refractivity contribution in [3.63, 3.8) is 0 Å². The fourth-order valence-corrected chi connectivity index (χ4v) is 17.5. The van der Waals surface area contributed by atoms with Crippen molar-refractivity contribution >= 4 is 22.7 Å². The van der Waals surface area contributed by atoms with Gasteiger partial charge in [0.05, 0.1) is 45.9 Å². The Kier molecular flexibility index (Phi) is 42.1. The molecule has 650 valence electrons. The fraction of sp³-hybridized carbons (Fsp3) is 0.400. The second-order valence-corrected chi connectivity index (χ2v) is 34.9. The topological polar surface area (TPSA) is 36.9 Å². The lowest BCUT2D eigenvalue weighted by molar-refractivity contribution is 0.304. The van der Waals surface area contributed by atoms with E-state index in [1.165, 1.54) is 140 Å². The van der Waals surface area contributed by atoms with Crippen LogP contribution in [-0.2, 0) is 51.4 Å². The third-order valence-corrected chi connectivity index (χ3v) is 25.5. The Bertz CT molecular complexity index is 5330. The van der Waals surface area contributed by atoms with Crippen LogP contribution in [0.1, 0.15) is 369 Å². The van der Waals surface area contributed by atoms with Gasteiger partial charge in [0.1, 0.15) is 23.0 Å². The minimum Gasteiger partial charge on any atom is -0.494 e. The highest BCUT2D eigenvalue weighted by Crippen LogP contribution is 2.41. The molecule has 0 N–H and O–H groups in total. The first kappa shape index (κ1) is 97.0. The van der Waals surface area contributed by atoms with Crippen molar-refractivity contribution in [1.82, 2.24) is 0 Å². The van der Waals surface area contributed by atoms with Gasteiger partial charge in [0.2, 0.25) is 0 Å². The highest BCUT2D eigenvalue weighted by atomic mass is 32.1. The molecule has 0 fully saturated rings. The van der Waals surface area contributed by atoms with Crippen LogP contribution < -0.4 is 18.9 Å². The molecule has 0 saturated heterocycles. The minimum atomic E-state index is 0.733. The second-order valence-electron chi connectivity index (χ2n) is 32.8. The molecule has 6 heteroatoms. The normalized spacial score (nSPS) is 10.5. The van der Waals surface area contributed by atoms with Gasteiger partial charge in [-0.25, -0.2) is 0 Å². The smallest absolute Gasteiger partial charge is 0.119 e. The number of hydrogen-bond donors (Lipinski definition) is 0. The van der Waals surface area contributed by atoms with Crippen LogP contribution in [0.15, 0.2) is 158 Å². The molecule has 0 spiro atoms. The zero-order chi connectivity index (χ0) is 88.7. The van der Waals surface area contributed by atoms with E-state index < -0.39 is 0 Å². The maximum atomic E-state index is 6.15. The lowest BCUT2D eigenvalue weighted by Crippen LogP contribution is -1.97. The van der Waals surface area contributed by atoms with Gasteiger partial charge in [0, 0.05) is 77.9 Å². The van der Waals surface area contributed by atoms with Crippen molar-refractivity contribution in [2.75, 3.05) is 26.4 Å². The van der Waals surface area contributed by atoms with Crippen LogP contribution >= 0.6 is 22.7 Å². The summed E-state index contributed by atoms with van der Waals surface area (Å²) in [6.07, 6.45) is 36.0. The van der Waals surface area contributed by atoms with Gasteiger partial charge < -0.3 is 18.9 Å². The molecule has 0 unspecified atom stereocenters. The van der Waals surface area contributed by atoms with E-state index in [9.17, 15) is 0 Å². The predicted molar refractivity (Wildman–Crippen MR) is 538 cm³/mol. The Morgan fingerprint density at radius 3 is 0.556 bits per heavy atom. The first-order valence-corrected chi connectivity index (χ1v) is 49.5. The van der Waals surface area contributed by atoms with Crippen LogP contribution in [0.25, 0.3) is 9.75 Å². The quantitative estimate of drug-likeness (QED) is 0.0283. The summed E-state index contributed by atoms with van der Waals surface area (Å²) in [5.74, 6) is 61.9. The third kappa shape index (κ3) is 31.2. The molecular weight excluding hydrogens is 1570 g/mol. The lowest BCUT2D eigenvalue weighted by atomic mass is 9.95. The van der Waals surface area contributed by atoms with Gasteiger partial charge in [-0.05, 0) is 279 Å². The number of thiophene rings is 2. The number of hydrogen-bond acceptors (Lipinski definition) is 6. The first-order valence-electron chi connectivity index (χ1n) is 47.9. The van der Waals surface area contributed by atoms with E-state index in [0.29, 0.717) is 0 Å². The van der Waals surface area contributed by atoms with E-state index in [0.717, 1.165) is 257 Å². The highest BCUT2D eigenvalue weighted by Gasteiger charge is 2.19. The van der Waals surface area contributed by atoms with Gasteiger partial charge in [-0.15, -0.1) is 22.7 Å². The molecule has 0 bridgehead atoms. The Labute approximate surface area is 768 Å². The van der Waals surface area contributed by atoms with E-state index in [1.807, 2.05) is 48.5 Å². The standard InChI is InChI=1S/C120H134O4S2/c1-13-25-29-33-37-41-77-121-113-67-49-91(50-68-113)45-57-103-81-99(21-9)107(85-95(103)17-5)61-63-111-89-117(75-65-109-87-97(19-7)105(83-101(109)23-11)59-47-93-53-71-115(72-54-93)123-79-43-39-35-31-27-15-3)125-119(111)120-112(64-62-108-86-96(18-6)104(82-100(108)22-10)58-46-92-51-69-114(70-52-92)122-78-42-38-34-30-26-14-2)90-118(126-120)76-66-110-88-98(20-8)106(84-102(110)24-12)60-48-94-55-73-116(74-56-94)124-80-44-40-36-32-28-16-4/h49-56,67-74,81-90H,13-44,77-80H2,1-12H3.